The van der Waals surface area contributed by atoms with Crippen molar-refractivity contribution in [3.05, 3.63) is 48.5 Å². The molecule has 300 valence electrons. The summed E-state index contributed by atoms with van der Waals surface area (Å²) in [5.74, 6) is -2.61. The van der Waals surface area contributed by atoms with Gasteiger partial charge in [-0.1, -0.05) is 33.8 Å². The van der Waals surface area contributed by atoms with Crippen LogP contribution in [0.25, 0.3) is 0 Å². The fourth-order valence-electron chi connectivity index (χ4n) is 6.29. The quantitative estimate of drug-likeness (QED) is 0.217. The van der Waals surface area contributed by atoms with Gasteiger partial charge in [0, 0.05) is 30.5 Å². The topological polar surface area (TPSA) is 228 Å². The highest BCUT2D eigenvalue weighted by molar-refractivity contribution is 7.82. The Balaban J connectivity index is 1.34. The molecule has 0 aliphatic carbocycles. The van der Waals surface area contributed by atoms with Crippen LogP contribution in [0, 0.1) is 11.8 Å². The summed E-state index contributed by atoms with van der Waals surface area (Å²) in [4.78, 5) is 79.6. The summed E-state index contributed by atoms with van der Waals surface area (Å²) in [6, 6.07) is 7.65. The molecular formula is C36H48N6O12S. The van der Waals surface area contributed by atoms with Gasteiger partial charge < -0.3 is 48.9 Å². The van der Waals surface area contributed by atoms with Crippen LogP contribution in [0.5, 0.6) is 11.5 Å². The second-order valence-electron chi connectivity index (χ2n) is 13.7. The largest absolute Gasteiger partial charge is 0.500 e. The summed E-state index contributed by atoms with van der Waals surface area (Å²) in [5.41, 5.74) is 0.514. The molecule has 2 aliphatic heterocycles. The lowest BCUT2D eigenvalue weighted by molar-refractivity contribution is -0.139. The number of ether oxygens (including phenoxy) is 2. The van der Waals surface area contributed by atoms with Crippen LogP contribution in [-0.2, 0) is 39.1 Å². The Labute approximate surface area is 319 Å². The highest BCUT2D eigenvalue weighted by Crippen LogP contribution is 2.26. The van der Waals surface area contributed by atoms with Crippen LogP contribution in [0.3, 0.4) is 0 Å². The number of carbonyl (C=O) groups excluding carboxylic acids is 6. The molecule has 2 fully saturated rings. The molecule has 4 N–H and O–H groups in total. The van der Waals surface area contributed by atoms with Crippen molar-refractivity contribution in [1.82, 2.24) is 20.4 Å². The molecule has 2 heterocycles. The van der Waals surface area contributed by atoms with Crippen molar-refractivity contribution in [1.29, 1.82) is 0 Å². The second-order valence-corrected chi connectivity index (χ2v) is 14.8. The Morgan fingerprint density at radius 3 is 1.56 bits per heavy atom. The number of carbonyl (C=O) groups is 6. The number of likely N-dealkylation sites (tertiary alicyclic amines) is 2. The Morgan fingerprint density at radius 1 is 0.655 bits per heavy atom. The molecule has 19 heteroatoms. The van der Waals surface area contributed by atoms with Crippen LogP contribution in [-0.4, -0.2) is 106 Å². The van der Waals surface area contributed by atoms with Gasteiger partial charge in [-0.25, -0.2) is 9.59 Å². The number of alkyl carbamates (subject to hydrolysis) is 2. The van der Waals surface area contributed by atoms with Crippen LogP contribution in [0.4, 0.5) is 21.0 Å². The predicted octanol–water partition coefficient (Wildman–Crippen LogP) is 3.01. The van der Waals surface area contributed by atoms with E-state index in [1.165, 1.54) is 72.6 Å². The molecule has 55 heavy (non-hydrogen) atoms. The van der Waals surface area contributed by atoms with Crippen molar-refractivity contribution in [2.24, 2.45) is 11.8 Å². The monoisotopic (exact) mass is 788 g/mol. The first-order valence-electron chi connectivity index (χ1n) is 17.8. The molecule has 0 radical (unpaired) electrons. The molecular weight excluding hydrogens is 740 g/mol. The molecule has 0 spiro atoms. The summed E-state index contributed by atoms with van der Waals surface area (Å²) < 4.78 is 45.1. The van der Waals surface area contributed by atoms with Crippen LogP contribution in [0.2, 0.25) is 0 Å². The van der Waals surface area contributed by atoms with Gasteiger partial charge in [-0.15, -0.1) is 8.42 Å². The van der Waals surface area contributed by atoms with E-state index in [-0.39, 0.29) is 29.0 Å². The standard InChI is InChI=1S/C36H48N6O12S/c1-21(2)29(39-35(47)51-5)33(45)41-18-8-12-27(41)31(43)37-23-14-16-25(17-15-23)53-55(49,50)54-26-11-7-10-24(20-26)38-32(44)28-13-9-19-42(28)34(46)30(22(3)4)40-36(48)52-6/h7,10-11,14-17,20-22,27-30H,8-9,12-13,18-19H2,1-6H3,(H,37,43)(H,38,44)(H,39,47)(H,40,48)/t27-,28-,29+,30+/m0/s1. The zero-order valence-electron chi connectivity index (χ0n) is 31.5. The summed E-state index contributed by atoms with van der Waals surface area (Å²) in [5, 5.41) is 10.5. The van der Waals surface area contributed by atoms with Gasteiger partial charge in [0.15, 0.2) is 0 Å². The van der Waals surface area contributed by atoms with E-state index in [9.17, 15) is 37.2 Å². The molecule has 6 amide bonds. The van der Waals surface area contributed by atoms with Gasteiger partial charge in [0.2, 0.25) is 23.6 Å². The van der Waals surface area contributed by atoms with Gasteiger partial charge in [0.05, 0.1) is 14.2 Å². The van der Waals surface area contributed by atoms with E-state index >= 15 is 0 Å². The number of anilines is 2. The highest BCUT2D eigenvalue weighted by atomic mass is 32.3. The number of methoxy groups -OCH3 is 2. The number of benzene rings is 2. The molecule has 0 unspecified atom stereocenters. The maximum atomic E-state index is 13.3. The van der Waals surface area contributed by atoms with E-state index < -0.39 is 70.4 Å². The van der Waals surface area contributed by atoms with Crippen molar-refractivity contribution >= 4 is 57.6 Å². The minimum absolute atomic E-state index is 0.124. The minimum atomic E-state index is -4.67. The summed E-state index contributed by atoms with van der Waals surface area (Å²) in [7, 11) is -2.29. The molecule has 18 nitrogen and oxygen atoms in total. The smallest absolute Gasteiger partial charge is 0.453 e. The van der Waals surface area contributed by atoms with E-state index in [0.717, 1.165) is 0 Å². The van der Waals surface area contributed by atoms with Gasteiger partial charge >= 0.3 is 22.6 Å². The predicted molar refractivity (Wildman–Crippen MR) is 198 cm³/mol. The van der Waals surface area contributed by atoms with E-state index in [4.69, 9.17) is 8.37 Å². The molecule has 4 rings (SSSR count). The van der Waals surface area contributed by atoms with E-state index in [1.54, 1.807) is 27.7 Å². The van der Waals surface area contributed by atoms with Gasteiger partial charge in [0.25, 0.3) is 0 Å². The number of hydrogen-bond donors (Lipinski definition) is 4. The Hall–Kier alpha value is -5.59. The third-order valence-electron chi connectivity index (χ3n) is 9.08. The minimum Gasteiger partial charge on any atom is -0.453 e. The Kier molecular flexibility index (Phi) is 14.3. The molecule has 0 aromatic heterocycles. The van der Waals surface area contributed by atoms with E-state index in [2.05, 4.69) is 30.7 Å². The third kappa shape index (κ3) is 11.2. The number of nitrogens with zero attached hydrogens (tertiary/aromatic N) is 2. The van der Waals surface area contributed by atoms with Crippen molar-refractivity contribution in [2.75, 3.05) is 37.9 Å². The molecule has 2 aromatic carbocycles. The van der Waals surface area contributed by atoms with Gasteiger partial charge in [0.1, 0.15) is 35.7 Å². The first-order valence-corrected chi connectivity index (χ1v) is 19.1. The molecule has 2 saturated heterocycles. The lowest BCUT2D eigenvalue weighted by Crippen LogP contribution is -2.54. The number of rotatable bonds is 14. The molecule has 0 saturated carbocycles. The maximum Gasteiger partial charge on any atom is 0.500 e. The fourth-order valence-corrected chi connectivity index (χ4v) is 7.01. The van der Waals surface area contributed by atoms with Crippen molar-refractivity contribution in [3.63, 3.8) is 0 Å². The maximum absolute atomic E-state index is 13.3. The Morgan fingerprint density at radius 2 is 1.11 bits per heavy atom. The van der Waals surface area contributed by atoms with Gasteiger partial charge in [-0.2, -0.15) is 0 Å². The van der Waals surface area contributed by atoms with E-state index in [0.29, 0.717) is 44.5 Å². The molecule has 2 aliphatic rings. The number of nitrogens with one attached hydrogen (secondary N) is 4. The summed E-state index contributed by atoms with van der Waals surface area (Å²) in [6.45, 7) is 7.70. The van der Waals surface area contributed by atoms with Crippen molar-refractivity contribution < 1.29 is 55.0 Å². The normalized spacial score (nSPS) is 17.9. The lowest BCUT2D eigenvalue weighted by atomic mass is 10.0. The molecule has 0 bridgehead atoms. The van der Waals surface area contributed by atoms with Crippen molar-refractivity contribution in [3.8, 4) is 11.5 Å². The third-order valence-corrected chi connectivity index (χ3v) is 9.87. The van der Waals surface area contributed by atoms with E-state index in [1.807, 2.05) is 0 Å². The summed E-state index contributed by atoms with van der Waals surface area (Å²) in [6.07, 6.45) is 0.430. The zero-order valence-corrected chi connectivity index (χ0v) is 32.3. The number of amides is 6. The van der Waals surface area contributed by atoms with Crippen molar-refractivity contribution in [2.45, 2.75) is 77.5 Å². The lowest BCUT2D eigenvalue weighted by Gasteiger charge is -2.30. The second kappa shape index (κ2) is 18.6. The number of hydrogen-bond acceptors (Lipinski definition) is 12. The average Bonchev–Trinajstić information content (AvgIpc) is 3.84. The van der Waals surface area contributed by atoms with Crippen LogP contribution >= 0.6 is 0 Å². The zero-order chi connectivity index (χ0) is 40.4. The highest BCUT2D eigenvalue weighted by Gasteiger charge is 2.40. The average molecular weight is 789 g/mol. The molecule has 4 atom stereocenters. The first-order chi connectivity index (χ1) is 26.0. The van der Waals surface area contributed by atoms with Gasteiger partial charge in [-0.3, -0.25) is 19.2 Å². The van der Waals surface area contributed by atoms with Crippen LogP contribution in [0.1, 0.15) is 53.4 Å². The molecule has 2 aromatic rings. The first kappa shape index (κ1) is 42.2. The van der Waals surface area contributed by atoms with Gasteiger partial charge in [-0.05, 0) is 73.9 Å². The van der Waals surface area contributed by atoms with Crippen LogP contribution in [0.15, 0.2) is 48.5 Å². The summed E-state index contributed by atoms with van der Waals surface area (Å²) >= 11 is 0. The SMILES string of the molecule is COC(=O)N[C@@H](C(=O)N1CCC[C@H]1C(=O)Nc1ccc(OS(=O)(=O)Oc2cccc(NC(=O)[C@@H]3CCCN3C(=O)[C@H](NC(=O)OC)C(C)C)c2)cc1)C(C)C. The van der Waals surface area contributed by atoms with Crippen LogP contribution < -0.4 is 29.6 Å². The Bertz CT molecular complexity index is 1840. The fraction of sp³-hybridized carbons (Fsp3) is 0.500.